The first-order valence-corrected chi connectivity index (χ1v) is 6.18. The molecule has 2 aromatic rings. The van der Waals surface area contributed by atoms with Crippen LogP contribution in [0.15, 0.2) is 41.8 Å². The predicted octanol–water partition coefficient (Wildman–Crippen LogP) is 3.14. The average molecular weight is 229 g/mol. The molecule has 0 saturated carbocycles. The van der Waals surface area contributed by atoms with Gasteiger partial charge >= 0.3 is 0 Å². The van der Waals surface area contributed by atoms with Crippen LogP contribution in [0.3, 0.4) is 0 Å². The van der Waals surface area contributed by atoms with Gasteiger partial charge in [0, 0.05) is 16.6 Å². The summed E-state index contributed by atoms with van der Waals surface area (Å²) in [6.07, 6.45) is 0. The molecule has 0 unspecified atom stereocenters. The van der Waals surface area contributed by atoms with Crippen LogP contribution in [0, 0.1) is 0 Å². The van der Waals surface area contributed by atoms with Gasteiger partial charge in [0.2, 0.25) is 0 Å². The number of phenolic OH excluding ortho intramolecular Hbond substituents is 1. The van der Waals surface area contributed by atoms with Crippen LogP contribution in [0.1, 0.15) is 5.56 Å². The van der Waals surface area contributed by atoms with E-state index in [0.29, 0.717) is 5.75 Å². The highest BCUT2D eigenvalue weighted by Crippen LogP contribution is 2.32. The maximum absolute atomic E-state index is 9.79. The van der Waals surface area contributed by atoms with E-state index in [1.807, 2.05) is 30.3 Å². The smallest absolute Gasteiger partial charge is 0.123 e. The SMILES string of the molecule is Oc1ccc(C2=CSCN2)c2ccccc12. The molecule has 0 amide bonds. The minimum atomic E-state index is 0.339. The van der Waals surface area contributed by atoms with E-state index in [9.17, 15) is 5.11 Å². The maximum atomic E-state index is 9.79. The second-order valence-corrected chi connectivity index (χ2v) is 4.55. The summed E-state index contributed by atoms with van der Waals surface area (Å²) in [5.41, 5.74) is 2.29. The number of fused-ring (bicyclic) bond motifs is 1. The van der Waals surface area contributed by atoms with Gasteiger partial charge in [-0.15, -0.1) is 11.8 Å². The van der Waals surface area contributed by atoms with Crippen LogP contribution in [0.2, 0.25) is 0 Å². The molecular formula is C13H11NOS. The van der Waals surface area contributed by atoms with E-state index in [4.69, 9.17) is 0 Å². The van der Waals surface area contributed by atoms with Gasteiger partial charge < -0.3 is 10.4 Å². The molecule has 0 atom stereocenters. The minimum absolute atomic E-state index is 0.339. The molecule has 2 aromatic carbocycles. The first-order chi connectivity index (χ1) is 7.86. The Morgan fingerprint density at radius 1 is 1.06 bits per heavy atom. The molecule has 2 N–H and O–H groups in total. The normalized spacial score (nSPS) is 14.9. The van der Waals surface area contributed by atoms with Gasteiger partial charge in [0.25, 0.3) is 0 Å². The monoisotopic (exact) mass is 229 g/mol. The van der Waals surface area contributed by atoms with Crippen molar-refractivity contribution in [2.24, 2.45) is 0 Å². The van der Waals surface area contributed by atoms with Crippen molar-refractivity contribution in [2.75, 3.05) is 5.88 Å². The van der Waals surface area contributed by atoms with Gasteiger partial charge in [-0.3, -0.25) is 0 Å². The van der Waals surface area contributed by atoms with Crippen LogP contribution in [0.5, 0.6) is 5.75 Å². The largest absolute Gasteiger partial charge is 0.507 e. The summed E-state index contributed by atoms with van der Waals surface area (Å²) >= 11 is 1.75. The molecule has 3 rings (SSSR count). The Kier molecular flexibility index (Phi) is 2.26. The molecule has 1 aliphatic heterocycles. The number of hydrogen-bond donors (Lipinski definition) is 2. The summed E-state index contributed by atoms with van der Waals surface area (Å²) in [4.78, 5) is 0. The molecule has 1 aliphatic rings. The van der Waals surface area contributed by atoms with Crippen molar-refractivity contribution in [3.05, 3.63) is 47.4 Å². The van der Waals surface area contributed by atoms with Gasteiger partial charge in [-0.2, -0.15) is 0 Å². The molecule has 1 heterocycles. The van der Waals surface area contributed by atoms with Crippen molar-refractivity contribution >= 4 is 28.2 Å². The van der Waals surface area contributed by atoms with Crippen LogP contribution in [0.4, 0.5) is 0 Å². The molecule has 0 radical (unpaired) electrons. The molecule has 0 fully saturated rings. The highest BCUT2D eigenvalue weighted by Gasteiger charge is 2.11. The maximum Gasteiger partial charge on any atom is 0.123 e. The number of hydrogen-bond acceptors (Lipinski definition) is 3. The van der Waals surface area contributed by atoms with Gasteiger partial charge in [0.15, 0.2) is 0 Å². The Hall–Kier alpha value is -1.61. The fourth-order valence-corrected chi connectivity index (χ4v) is 2.66. The van der Waals surface area contributed by atoms with Gasteiger partial charge in [-0.1, -0.05) is 24.3 Å². The van der Waals surface area contributed by atoms with Crippen molar-refractivity contribution < 1.29 is 5.11 Å². The molecule has 2 nitrogen and oxygen atoms in total. The van der Waals surface area contributed by atoms with Crippen LogP contribution < -0.4 is 5.32 Å². The molecule has 0 saturated heterocycles. The average Bonchev–Trinajstić information content (AvgIpc) is 2.83. The Labute approximate surface area is 98.0 Å². The van der Waals surface area contributed by atoms with E-state index in [-0.39, 0.29) is 0 Å². The molecular weight excluding hydrogens is 218 g/mol. The van der Waals surface area contributed by atoms with Crippen LogP contribution >= 0.6 is 11.8 Å². The van der Waals surface area contributed by atoms with Crippen LogP contribution in [0.25, 0.3) is 16.5 Å². The van der Waals surface area contributed by atoms with E-state index < -0.39 is 0 Å². The quantitative estimate of drug-likeness (QED) is 0.788. The zero-order chi connectivity index (χ0) is 11.0. The zero-order valence-corrected chi connectivity index (χ0v) is 9.42. The number of rotatable bonds is 1. The van der Waals surface area contributed by atoms with Gasteiger partial charge in [0.05, 0.1) is 5.88 Å². The first kappa shape index (κ1) is 9.60. The fourth-order valence-electron chi connectivity index (χ4n) is 1.96. The Morgan fingerprint density at radius 2 is 1.88 bits per heavy atom. The summed E-state index contributed by atoms with van der Waals surface area (Å²) in [7, 11) is 0. The Morgan fingerprint density at radius 3 is 2.62 bits per heavy atom. The summed E-state index contributed by atoms with van der Waals surface area (Å²) in [5, 5.41) is 17.2. The van der Waals surface area contributed by atoms with Crippen LogP contribution in [-0.2, 0) is 0 Å². The molecule has 16 heavy (non-hydrogen) atoms. The van der Waals surface area contributed by atoms with Crippen molar-refractivity contribution in [2.45, 2.75) is 0 Å². The minimum Gasteiger partial charge on any atom is -0.507 e. The number of benzene rings is 2. The second kappa shape index (κ2) is 3.76. The molecule has 0 bridgehead atoms. The van der Waals surface area contributed by atoms with Crippen molar-refractivity contribution in [1.29, 1.82) is 0 Å². The third-order valence-corrected chi connectivity index (χ3v) is 3.45. The number of aromatic hydroxyl groups is 1. The number of thioether (sulfide) groups is 1. The van der Waals surface area contributed by atoms with Gasteiger partial charge in [-0.05, 0) is 22.9 Å². The predicted molar refractivity (Wildman–Crippen MR) is 69.2 cm³/mol. The lowest BCUT2D eigenvalue weighted by molar-refractivity contribution is 0.481. The molecule has 0 aliphatic carbocycles. The van der Waals surface area contributed by atoms with E-state index in [2.05, 4.69) is 10.7 Å². The Bertz CT molecular complexity index is 577. The summed E-state index contributed by atoms with van der Waals surface area (Å²) in [5.74, 6) is 1.26. The van der Waals surface area contributed by atoms with E-state index in [1.165, 1.54) is 0 Å². The highest BCUT2D eigenvalue weighted by atomic mass is 32.2. The summed E-state index contributed by atoms with van der Waals surface area (Å²) in [6.45, 7) is 0. The van der Waals surface area contributed by atoms with Crippen molar-refractivity contribution in [1.82, 2.24) is 5.32 Å². The third-order valence-electron chi connectivity index (χ3n) is 2.74. The fraction of sp³-hybridized carbons (Fsp3) is 0.0769. The zero-order valence-electron chi connectivity index (χ0n) is 8.60. The molecule has 3 heteroatoms. The standard InChI is InChI=1S/C13H11NOS/c15-13-6-5-10(12-7-16-8-14-12)9-3-1-2-4-11(9)13/h1-7,14-15H,8H2. The number of nitrogens with one attached hydrogen (secondary N) is 1. The van der Waals surface area contributed by atoms with Gasteiger partial charge in [0.1, 0.15) is 5.75 Å². The third kappa shape index (κ3) is 1.44. The molecule has 0 aromatic heterocycles. The highest BCUT2D eigenvalue weighted by molar-refractivity contribution is 8.02. The van der Waals surface area contributed by atoms with Crippen LogP contribution in [-0.4, -0.2) is 11.0 Å². The molecule has 80 valence electrons. The first-order valence-electron chi connectivity index (χ1n) is 5.13. The number of phenols is 1. The molecule has 0 spiro atoms. The second-order valence-electron chi connectivity index (χ2n) is 3.70. The Balaban J connectivity index is 2.29. The lowest BCUT2D eigenvalue weighted by atomic mass is 10.0. The van der Waals surface area contributed by atoms with Crippen molar-refractivity contribution in [3.8, 4) is 5.75 Å². The lowest BCUT2D eigenvalue weighted by Crippen LogP contribution is -2.05. The van der Waals surface area contributed by atoms with E-state index >= 15 is 0 Å². The van der Waals surface area contributed by atoms with Crippen molar-refractivity contribution in [3.63, 3.8) is 0 Å². The van der Waals surface area contributed by atoms with Gasteiger partial charge in [-0.25, -0.2) is 0 Å². The lowest BCUT2D eigenvalue weighted by Gasteiger charge is -2.09. The topological polar surface area (TPSA) is 32.3 Å². The van der Waals surface area contributed by atoms with E-state index in [1.54, 1.807) is 17.8 Å². The van der Waals surface area contributed by atoms with E-state index in [0.717, 1.165) is 27.9 Å². The summed E-state index contributed by atoms with van der Waals surface area (Å²) in [6, 6.07) is 11.6. The summed E-state index contributed by atoms with van der Waals surface area (Å²) < 4.78 is 0.